The van der Waals surface area contributed by atoms with Gasteiger partial charge in [0.2, 0.25) is 0 Å². The first-order valence-corrected chi connectivity index (χ1v) is 6.60. The third-order valence-corrected chi connectivity index (χ3v) is 3.62. The highest BCUT2D eigenvalue weighted by Gasteiger charge is 2.47. The molecular weight excluding hydrogens is 336 g/mol. The largest absolute Gasteiger partial charge is 0.485 e. The molecule has 0 saturated carbocycles. The van der Waals surface area contributed by atoms with Crippen LogP contribution in [0.2, 0.25) is 0 Å². The van der Waals surface area contributed by atoms with E-state index in [9.17, 15) is 19.8 Å². The van der Waals surface area contributed by atoms with E-state index in [0.717, 1.165) is 16.9 Å². The Balaban J connectivity index is 2.28. The Bertz CT molecular complexity index is 599. The molecule has 20 heavy (non-hydrogen) atoms. The number of aromatic amines is 1. The van der Waals surface area contributed by atoms with Crippen LogP contribution in [0.5, 0.6) is 0 Å². The topological polar surface area (TPSA) is 114 Å². The second kappa shape index (κ2) is 5.92. The van der Waals surface area contributed by atoms with E-state index in [0.29, 0.717) is 0 Å². The zero-order chi connectivity index (χ0) is 14.9. The van der Waals surface area contributed by atoms with Gasteiger partial charge in [-0.3, -0.25) is 14.3 Å². The van der Waals surface area contributed by atoms with Crippen molar-refractivity contribution in [3.8, 4) is 0 Å². The van der Waals surface area contributed by atoms with Gasteiger partial charge in [0.25, 0.3) is 5.56 Å². The van der Waals surface area contributed by atoms with E-state index in [4.69, 9.17) is 9.47 Å². The summed E-state index contributed by atoms with van der Waals surface area (Å²) in [5.74, 6) is 0. The summed E-state index contributed by atoms with van der Waals surface area (Å²) < 4.78 is 11.4. The fourth-order valence-corrected chi connectivity index (χ4v) is 2.52. The van der Waals surface area contributed by atoms with Crippen LogP contribution in [-0.2, 0) is 9.47 Å². The predicted molar refractivity (Wildman–Crippen MR) is 71.2 cm³/mol. The van der Waals surface area contributed by atoms with Crippen LogP contribution in [0.1, 0.15) is 6.23 Å². The van der Waals surface area contributed by atoms with E-state index in [2.05, 4.69) is 22.5 Å². The number of hydrogen-bond acceptors (Lipinski definition) is 6. The van der Waals surface area contributed by atoms with Crippen LogP contribution >= 0.6 is 15.9 Å². The lowest BCUT2D eigenvalue weighted by Crippen LogP contribution is -2.38. The van der Waals surface area contributed by atoms with Crippen LogP contribution in [0.3, 0.4) is 0 Å². The van der Waals surface area contributed by atoms with Gasteiger partial charge in [0.1, 0.15) is 18.3 Å². The fourth-order valence-electron chi connectivity index (χ4n) is 1.93. The van der Waals surface area contributed by atoms with E-state index in [-0.39, 0.29) is 0 Å². The summed E-state index contributed by atoms with van der Waals surface area (Å²) in [7, 11) is 0. The molecule has 1 fully saturated rings. The number of ether oxygens (including phenoxy) is 2. The van der Waals surface area contributed by atoms with Crippen molar-refractivity contribution < 1.29 is 19.7 Å². The number of alkyl halides is 1. The van der Waals surface area contributed by atoms with Gasteiger partial charge in [0, 0.05) is 12.3 Å². The molecule has 5 atom stereocenters. The molecule has 8 nitrogen and oxygen atoms in total. The average molecular weight is 349 g/mol. The van der Waals surface area contributed by atoms with E-state index < -0.39 is 40.8 Å². The Labute approximate surface area is 121 Å². The van der Waals surface area contributed by atoms with E-state index in [1.807, 2.05) is 4.98 Å². The first-order chi connectivity index (χ1) is 9.45. The van der Waals surface area contributed by atoms with Crippen LogP contribution in [0.25, 0.3) is 0 Å². The molecule has 2 heterocycles. The maximum Gasteiger partial charge on any atom is 0.330 e. The molecule has 9 heteroatoms. The Morgan fingerprint density at radius 3 is 2.80 bits per heavy atom. The second-order valence-electron chi connectivity index (χ2n) is 4.14. The highest BCUT2D eigenvalue weighted by atomic mass is 79.9. The first-order valence-electron chi connectivity index (χ1n) is 5.69. The van der Waals surface area contributed by atoms with Gasteiger partial charge < -0.3 is 19.7 Å². The van der Waals surface area contributed by atoms with Gasteiger partial charge in [-0.05, 0) is 15.9 Å². The van der Waals surface area contributed by atoms with E-state index in [1.54, 1.807) is 0 Å². The number of aliphatic hydroxyl groups is 2. The normalized spacial score (nSPS) is 30.9. The van der Waals surface area contributed by atoms with Gasteiger partial charge in [-0.2, -0.15) is 0 Å². The number of rotatable bonds is 4. The summed E-state index contributed by atoms with van der Waals surface area (Å²) in [5, 5.41) is 19.1. The van der Waals surface area contributed by atoms with Crippen LogP contribution in [0.15, 0.2) is 34.7 Å². The molecule has 1 aromatic rings. The minimum Gasteiger partial charge on any atom is -0.485 e. The van der Waals surface area contributed by atoms with Crippen LogP contribution in [0.4, 0.5) is 0 Å². The first kappa shape index (κ1) is 15.0. The molecule has 0 aromatic carbocycles. The van der Waals surface area contributed by atoms with Crippen LogP contribution in [0, 0.1) is 0 Å². The predicted octanol–water partition coefficient (Wildman–Crippen LogP) is -0.963. The summed E-state index contributed by atoms with van der Waals surface area (Å²) in [6.45, 7) is 3.37. The summed E-state index contributed by atoms with van der Waals surface area (Å²) in [6, 6.07) is 1.11. The monoisotopic (exact) mass is 348 g/mol. The molecular formula is C11H13BrN2O6. The molecule has 3 N–H and O–H groups in total. The molecule has 0 spiro atoms. The van der Waals surface area contributed by atoms with Crippen molar-refractivity contribution in [2.24, 2.45) is 0 Å². The van der Waals surface area contributed by atoms with Crippen LogP contribution < -0.4 is 11.2 Å². The number of hydrogen-bond donors (Lipinski definition) is 3. The number of halogens is 1. The molecule has 1 saturated heterocycles. The Kier molecular flexibility index (Phi) is 4.43. The zero-order valence-corrected chi connectivity index (χ0v) is 11.8. The van der Waals surface area contributed by atoms with Gasteiger partial charge in [-0.15, -0.1) is 0 Å². The van der Waals surface area contributed by atoms with Crippen molar-refractivity contribution in [1.82, 2.24) is 9.55 Å². The number of aliphatic hydroxyl groups excluding tert-OH is 2. The lowest BCUT2D eigenvalue weighted by molar-refractivity contribution is -0.0635. The molecule has 1 aliphatic rings. The number of H-pyrrole nitrogens is 1. The smallest absolute Gasteiger partial charge is 0.330 e. The van der Waals surface area contributed by atoms with Gasteiger partial charge in [-0.25, -0.2) is 4.79 Å². The number of aromatic nitrogens is 2. The SMILES string of the molecule is C=COC(Br)[C@H]1O[C@@H](n2ccc(=O)[nH]c2=O)[C@H](O)[C@@H]1O. The summed E-state index contributed by atoms with van der Waals surface area (Å²) in [4.78, 5) is 24.7. The molecule has 0 aliphatic carbocycles. The standard InChI is InChI=1S/C11H13BrN2O6/c1-2-19-9(12)8-6(16)7(17)10(20-8)14-4-3-5(15)13-11(14)18/h2-4,6-10,16-17H,1H2,(H,13,15,18)/t6-,7+,8-,9?,10+/m0/s1. The van der Waals surface area contributed by atoms with E-state index >= 15 is 0 Å². The number of nitrogens with zero attached hydrogens (tertiary/aromatic N) is 1. The average Bonchev–Trinajstić information content (AvgIpc) is 2.67. The summed E-state index contributed by atoms with van der Waals surface area (Å²) in [5.41, 5.74) is -1.31. The minimum absolute atomic E-state index is 0.566. The molecule has 1 aliphatic heterocycles. The maximum atomic E-state index is 11.7. The molecule has 110 valence electrons. The fraction of sp³-hybridized carbons (Fsp3) is 0.455. The zero-order valence-electron chi connectivity index (χ0n) is 10.2. The van der Waals surface area contributed by atoms with Crippen molar-refractivity contribution in [3.63, 3.8) is 0 Å². The van der Waals surface area contributed by atoms with E-state index in [1.165, 1.54) is 6.20 Å². The molecule has 2 rings (SSSR count). The lowest BCUT2D eigenvalue weighted by Gasteiger charge is -2.19. The second-order valence-corrected chi connectivity index (χ2v) is 5.05. The summed E-state index contributed by atoms with van der Waals surface area (Å²) >= 11 is 3.13. The van der Waals surface area contributed by atoms with Gasteiger partial charge >= 0.3 is 5.69 Å². The van der Waals surface area contributed by atoms with Crippen molar-refractivity contribution in [3.05, 3.63) is 45.9 Å². The van der Waals surface area contributed by atoms with Gasteiger partial charge in [0.05, 0.1) is 6.26 Å². The highest BCUT2D eigenvalue weighted by molar-refractivity contribution is 9.09. The quantitative estimate of drug-likeness (QED) is 0.477. The molecule has 0 bridgehead atoms. The molecule has 1 aromatic heterocycles. The minimum atomic E-state index is -1.35. The van der Waals surface area contributed by atoms with Crippen molar-refractivity contribution >= 4 is 15.9 Å². The Hall–Kier alpha value is -1.42. The third kappa shape index (κ3) is 2.70. The molecule has 1 unspecified atom stereocenters. The highest BCUT2D eigenvalue weighted by Crippen LogP contribution is 2.32. The number of nitrogens with one attached hydrogen (secondary N) is 1. The third-order valence-electron chi connectivity index (χ3n) is 2.89. The lowest BCUT2D eigenvalue weighted by atomic mass is 10.1. The maximum absolute atomic E-state index is 11.7. The van der Waals surface area contributed by atoms with Crippen molar-refractivity contribution in [1.29, 1.82) is 0 Å². The Morgan fingerprint density at radius 2 is 2.20 bits per heavy atom. The summed E-state index contributed by atoms with van der Waals surface area (Å²) in [6.07, 6.45) is -2.33. The Morgan fingerprint density at radius 1 is 1.50 bits per heavy atom. The van der Waals surface area contributed by atoms with Crippen LogP contribution in [-0.4, -0.2) is 43.1 Å². The molecule has 0 amide bonds. The van der Waals surface area contributed by atoms with Crippen molar-refractivity contribution in [2.75, 3.05) is 0 Å². The van der Waals surface area contributed by atoms with Gasteiger partial charge in [-0.1, -0.05) is 6.58 Å². The van der Waals surface area contributed by atoms with Gasteiger partial charge in [0.15, 0.2) is 11.2 Å². The molecule has 0 radical (unpaired) electrons. The van der Waals surface area contributed by atoms with Crippen molar-refractivity contribution in [2.45, 2.75) is 29.6 Å².